The van der Waals surface area contributed by atoms with Gasteiger partial charge in [-0.2, -0.15) is 0 Å². The minimum Gasteiger partial charge on any atom is -0.496 e. The number of ether oxygens (including phenoxy) is 3. The van der Waals surface area contributed by atoms with E-state index in [0.717, 1.165) is 17.4 Å². The van der Waals surface area contributed by atoms with E-state index in [2.05, 4.69) is 31.9 Å². The van der Waals surface area contributed by atoms with E-state index in [-0.39, 0.29) is 12.3 Å². The van der Waals surface area contributed by atoms with Gasteiger partial charge in [0, 0.05) is 17.4 Å². The molecule has 1 N–H and O–H groups in total. The Balaban J connectivity index is 2.24. The van der Waals surface area contributed by atoms with E-state index in [1.165, 1.54) is 6.92 Å². The van der Waals surface area contributed by atoms with Crippen molar-refractivity contribution in [3.05, 3.63) is 85.8 Å². The van der Waals surface area contributed by atoms with E-state index in [1.807, 2.05) is 56.3 Å². The minimum atomic E-state index is -3.51. The lowest BCUT2D eigenvalue weighted by molar-refractivity contribution is -0.136. The molecule has 0 amide bonds. The highest BCUT2D eigenvalue weighted by atomic mass is 79.9. The Morgan fingerprint density at radius 3 is 2.03 bits per heavy atom. The first kappa shape index (κ1) is 30.1. The number of carbonyl (C=O) groups is 1. The molecule has 0 spiro atoms. The Morgan fingerprint density at radius 1 is 0.947 bits per heavy atom. The largest absolute Gasteiger partial charge is 0.496 e. The molecule has 204 valence electrons. The van der Waals surface area contributed by atoms with Crippen molar-refractivity contribution in [3.8, 4) is 17.2 Å². The minimum absolute atomic E-state index is 0.0946. The number of hydrogen-bond donors (Lipinski definition) is 1. The summed E-state index contributed by atoms with van der Waals surface area (Å²) >= 11 is 7.02. The average Bonchev–Trinajstić information content (AvgIpc) is 2.83. The zero-order valence-electron chi connectivity index (χ0n) is 21.7. The topological polar surface area (TPSA) is 99.1 Å². The normalized spacial score (nSPS) is 13.3. The Labute approximate surface area is 240 Å². The molecular formula is C28H30Br2O7S. The Kier molecular flexibility index (Phi) is 10.0. The van der Waals surface area contributed by atoms with Crippen LogP contribution in [0, 0.1) is 0 Å². The van der Waals surface area contributed by atoms with Crippen LogP contribution in [-0.2, 0) is 25.8 Å². The lowest BCUT2D eigenvalue weighted by atomic mass is 9.94. The first-order chi connectivity index (χ1) is 17.8. The molecular weight excluding hydrogens is 640 g/mol. The molecule has 0 aliphatic rings. The fraction of sp³-hybridized carbons (Fsp3) is 0.321. The van der Waals surface area contributed by atoms with Gasteiger partial charge in [0.25, 0.3) is 0 Å². The molecule has 0 heterocycles. The summed E-state index contributed by atoms with van der Waals surface area (Å²) < 4.78 is 44.1. The van der Waals surface area contributed by atoms with Gasteiger partial charge in [-0.3, -0.25) is 4.79 Å². The quantitative estimate of drug-likeness (QED) is 0.229. The predicted octanol–water partition coefficient (Wildman–Crippen LogP) is 7.26. The van der Waals surface area contributed by atoms with Crippen LogP contribution < -0.4 is 9.47 Å². The molecule has 0 fully saturated rings. The summed E-state index contributed by atoms with van der Waals surface area (Å²) in [6.45, 7) is 5.56. The molecule has 0 aromatic heterocycles. The number of methoxy groups -OCH3 is 1. The molecule has 0 bridgehead atoms. The Morgan fingerprint density at radius 2 is 1.53 bits per heavy atom. The molecule has 3 aromatic carbocycles. The fourth-order valence-electron chi connectivity index (χ4n) is 3.86. The Bertz CT molecular complexity index is 1380. The van der Waals surface area contributed by atoms with Gasteiger partial charge < -0.3 is 19.3 Å². The van der Waals surface area contributed by atoms with Crippen LogP contribution in [0.15, 0.2) is 63.5 Å². The highest BCUT2D eigenvalue weighted by molar-refractivity contribution is 9.11. The second kappa shape index (κ2) is 12.6. The zero-order valence-corrected chi connectivity index (χ0v) is 25.7. The van der Waals surface area contributed by atoms with Crippen LogP contribution >= 0.6 is 31.9 Å². The molecule has 2 atom stereocenters. The van der Waals surface area contributed by atoms with E-state index >= 15 is 0 Å². The maximum atomic E-state index is 12.3. The molecule has 0 saturated carbocycles. The molecule has 3 aromatic rings. The molecule has 0 radical (unpaired) electrons. The third-order valence-electron chi connectivity index (χ3n) is 5.93. The third kappa shape index (κ3) is 7.37. The number of rotatable bonds is 11. The monoisotopic (exact) mass is 668 g/mol. The number of carboxylic acids is 1. The van der Waals surface area contributed by atoms with Gasteiger partial charge in [0.2, 0.25) is 0 Å². The molecule has 0 aliphatic carbocycles. The second-order valence-electron chi connectivity index (χ2n) is 9.17. The molecule has 10 heteroatoms. The van der Waals surface area contributed by atoms with Crippen molar-refractivity contribution < 1.29 is 32.5 Å². The van der Waals surface area contributed by atoms with Crippen molar-refractivity contribution in [1.29, 1.82) is 0 Å². The predicted molar refractivity (Wildman–Crippen MR) is 154 cm³/mol. The SMILES string of the molecule is COc1cc(C(OC(C)S(C)(=O)=O)c2ccccc2)c(Oc2c(Br)cc(CC(=O)O)cc2Br)cc1C(C)C. The van der Waals surface area contributed by atoms with Crippen molar-refractivity contribution >= 4 is 47.7 Å². The van der Waals surface area contributed by atoms with Gasteiger partial charge in [0.15, 0.2) is 21.0 Å². The molecule has 2 unspecified atom stereocenters. The molecule has 7 nitrogen and oxygen atoms in total. The van der Waals surface area contributed by atoms with E-state index < -0.39 is 27.3 Å². The van der Waals surface area contributed by atoms with Crippen LogP contribution in [0.4, 0.5) is 0 Å². The lowest BCUT2D eigenvalue weighted by Gasteiger charge is -2.26. The highest BCUT2D eigenvalue weighted by Gasteiger charge is 2.29. The van der Waals surface area contributed by atoms with Crippen LogP contribution in [0.2, 0.25) is 0 Å². The lowest BCUT2D eigenvalue weighted by Crippen LogP contribution is -2.23. The summed E-state index contributed by atoms with van der Waals surface area (Å²) in [5.41, 5.74) is 1.70. The number of hydrogen-bond acceptors (Lipinski definition) is 6. The molecule has 0 saturated heterocycles. The van der Waals surface area contributed by atoms with Gasteiger partial charge in [-0.05, 0) is 80.1 Å². The zero-order chi connectivity index (χ0) is 28.2. The van der Waals surface area contributed by atoms with Crippen LogP contribution in [0.5, 0.6) is 17.2 Å². The van der Waals surface area contributed by atoms with Gasteiger partial charge in [-0.1, -0.05) is 44.2 Å². The number of benzene rings is 3. The summed E-state index contributed by atoms with van der Waals surface area (Å²) in [6, 6.07) is 16.4. The van der Waals surface area contributed by atoms with E-state index in [1.54, 1.807) is 19.2 Å². The maximum absolute atomic E-state index is 12.3. The third-order valence-corrected chi connectivity index (χ3v) is 8.42. The summed E-state index contributed by atoms with van der Waals surface area (Å²) in [6.07, 6.45) is 0.192. The van der Waals surface area contributed by atoms with E-state index in [0.29, 0.717) is 37.3 Å². The van der Waals surface area contributed by atoms with Gasteiger partial charge in [0.05, 0.1) is 22.5 Å². The van der Waals surface area contributed by atoms with Gasteiger partial charge in [-0.25, -0.2) is 8.42 Å². The summed E-state index contributed by atoms with van der Waals surface area (Å²) in [7, 11) is -1.93. The second-order valence-corrected chi connectivity index (χ2v) is 13.2. The first-order valence-corrected chi connectivity index (χ1v) is 15.3. The molecule has 3 rings (SSSR count). The van der Waals surface area contributed by atoms with Gasteiger partial charge in [-0.15, -0.1) is 0 Å². The summed E-state index contributed by atoms with van der Waals surface area (Å²) in [5, 5.41) is 9.19. The van der Waals surface area contributed by atoms with Crippen LogP contribution in [0.25, 0.3) is 0 Å². The van der Waals surface area contributed by atoms with Crippen molar-refractivity contribution in [2.45, 2.75) is 44.6 Å². The first-order valence-electron chi connectivity index (χ1n) is 11.8. The number of carboxylic acid groups (broad SMARTS) is 1. The van der Waals surface area contributed by atoms with Crippen LogP contribution in [0.3, 0.4) is 0 Å². The van der Waals surface area contributed by atoms with Crippen molar-refractivity contribution in [2.75, 3.05) is 13.4 Å². The van der Waals surface area contributed by atoms with Crippen molar-refractivity contribution in [3.63, 3.8) is 0 Å². The Hall–Kier alpha value is -2.40. The molecule has 0 aliphatic heterocycles. The van der Waals surface area contributed by atoms with Crippen LogP contribution in [0.1, 0.15) is 55.0 Å². The number of halogens is 2. The van der Waals surface area contributed by atoms with Crippen LogP contribution in [-0.4, -0.2) is 38.3 Å². The van der Waals surface area contributed by atoms with E-state index in [9.17, 15) is 18.3 Å². The van der Waals surface area contributed by atoms with Crippen molar-refractivity contribution in [1.82, 2.24) is 0 Å². The summed E-state index contributed by atoms with van der Waals surface area (Å²) in [4.78, 5) is 11.2. The maximum Gasteiger partial charge on any atom is 0.307 e. The fourth-order valence-corrected chi connectivity index (χ4v) is 5.62. The van der Waals surface area contributed by atoms with Crippen molar-refractivity contribution in [2.24, 2.45) is 0 Å². The van der Waals surface area contributed by atoms with Gasteiger partial charge >= 0.3 is 5.97 Å². The highest BCUT2D eigenvalue weighted by Crippen LogP contribution is 2.45. The standard InChI is InChI=1S/C28H30Br2O7S/c1-16(2)20-14-25(37-28-22(29)11-18(12-23(28)30)13-26(31)32)21(15-24(20)35-4)27(19-9-7-6-8-10-19)36-17(3)38(5,33)34/h6-12,14-17,27H,13H2,1-5H3,(H,31,32). The van der Waals surface area contributed by atoms with Gasteiger partial charge in [0.1, 0.15) is 17.6 Å². The molecule has 38 heavy (non-hydrogen) atoms. The number of sulfone groups is 1. The summed E-state index contributed by atoms with van der Waals surface area (Å²) in [5.74, 6) is 0.644. The van der Waals surface area contributed by atoms with E-state index in [4.69, 9.17) is 14.2 Å². The smallest absolute Gasteiger partial charge is 0.307 e. The number of aliphatic carboxylic acids is 1. The average molecular weight is 670 g/mol.